The van der Waals surface area contributed by atoms with Crippen molar-refractivity contribution in [3.8, 4) is 23.3 Å². The lowest BCUT2D eigenvalue weighted by atomic mass is 9.90. The average Bonchev–Trinajstić information content (AvgIpc) is 3.68. The summed E-state index contributed by atoms with van der Waals surface area (Å²) in [6, 6.07) is 11.1. The third-order valence-electron chi connectivity index (χ3n) is 7.78. The summed E-state index contributed by atoms with van der Waals surface area (Å²) in [6.07, 6.45) is 13.4. The van der Waals surface area contributed by atoms with E-state index in [1.807, 2.05) is 10.6 Å². The molecule has 0 amide bonds. The van der Waals surface area contributed by atoms with Gasteiger partial charge < -0.3 is 10.2 Å². The maximum absolute atomic E-state index is 9.46. The molecule has 1 unspecified atom stereocenters. The number of imidazole rings is 1. The van der Waals surface area contributed by atoms with Gasteiger partial charge in [0.05, 0.1) is 24.4 Å². The number of aromatic nitrogens is 4. The van der Waals surface area contributed by atoms with Gasteiger partial charge in [-0.15, -0.1) is 0 Å². The van der Waals surface area contributed by atoms with E-state index in [0.717, 1.165) is 61.7 Å². The zero-order valence-corrected chi connectivity index (χ0v) is 20.8. The minimum absolute atomic E-state index is 0.269. The number of rotatable bonds is 7. The van der Waals surface area contributed by atoms with Crippen LogP contribution in [0.1, 0.15) is 55.3 Å². The molecular formula is C29H33N7. The zero-order chi connectivity index (χ0) is 24.5. The fraction of sp³-hybridized carbons (Fsp3) is 0.448. The molecule has 0 radical (unpaired) electrons. The Hall–Kier alpha value is -3.66. The molecule has 3 aliphatic rings. The van der Waals surface area contributed by atoms with Crippen LogP contribution < -0.4 is 5.32 Å². The number of nitrogens with one attached hydrogen (secondary N) is 1. The van der Waals surface area contributed by atoms with Crippen molar-refractivity contribution in [3.63, 3.8) is 0 Å². The van der Waals surface area contributed by atoms with Crippen LogP contribution >= 0.6 is 0 Å². The predicted octanol–water partition coefficient (Wildman–Crippen LogP) is 5.07. The van der Waals surface area contributed by atoms with Crippen LogP contribution in [0, 0.1) is 17.2 Å². The Bertz CT molecular complexity index is 1310. The summed E-state index contributed by atoms with van der Waals surface area (Å²) < 4.78 is 2.02. The number of fused-ring (bicyclic) bond motifs is 1. The van der Waals surface area contributed by atoms with Crippen molar-refractivity contribution in [1.82, 2.24) is 24.4 Å². The summed E-state index contributed by atoms with van der Waals surface area (Å²) in [4.78, 5) is 16.6. The molecule has 3 heterocycles. The van der Waals surface area contributed by atoms with Crippen molar-refractivity contribution >= 4 is 5.95 Å². The smallest absolute Gasteiger partial charge is 0.224 e. The van der Waals surface area contributed by atoms with Crippen LogP contribution in [-0.2, 0) is 19.3 Å². The van der Waals surface area contributed by atoms with Crippen LogP contribution in [0.15, 0.2) is 48.9 Å². The van der Waals surface area contributed by atoms with E-state index in [9.17, 15) is 5.26 Å². The van der Waals surface area contributed by atoms with Gasteiger partial charge >= 0.3 is 0 Å². The summed E-state index contributed by atoms with van der Waals surface area (Å²) in [7, 11) is 0. The van der Waals surface area contributed by atoms with Crippen LogP contribution in [0.4, 0.5) is 5.95 Å². The van der Waals surface area contributed by atoms with E-state index in [1.54, 1.807) is 12.4 Å². The van der Waals surface area contributed by atoms with Crippen molar-refractivity contribution in [2.75, 3.05) is 18.4 Å². The molecule has 2 aromatic heterocycles. The molecule has 6 rings (SSSR count). The lowest BCUT2D eigenvalue weighted by Crippen LogP contribution is -2.42. The van der Waals surface area contributed by atoms with E-state index < -0.39 is 0 Å². The predicted molar refractivity (Wildman–Crippen MR) is 141 cm³/mol. The van der Waals surface area contributed by atoms with Crippen LogP contribution in [-0.4, -0.2) is 43.6 Å². The summed E-state index contributed by atoms with van der Waals surface area (Å²) in [5.74, 6) is 2.86. The molecule has 1 N–H and O–H groups in total. The number of allylic oxidation sites excluding steroid dienone is 1. The molecule has 7 nitrogen and oxygen atoms in total. The quantitative estimate of drug-likeness (QED) is 0.509. The monoisotopic (exact) mass is 479 g/mol. The Balaban J connectivity index is 1.28. The maximum Gasteiger partial charge on any atom is 0.224 e. The lowest BCUT2D eigenvalue weighted by Gasteiger charge is -2.36. The van der Waals surface area contributed by atoms with Crippen LogP contribution in [0.5, 0.6) is 0 Å². The second kappa shape index (κ2) is 9.77. The number of piperidine rings is 1. The van der Waals surface area contributed by atoms with E-state index >= 15 is 0 Å². The van der Waals surface area contributed by atoms with E-state index in [0.29, 0.717) is 11.9 Å². The van der Waals surface area contributed by atoms with Crippen molar-refractivity contribution in [3.05, 3.63) is 65.8 Å². The Morgan fingerprint density at radius 1 is 1.08 bits per heavy atom. The molecular weight excluding hydrogens is 446 g/mol. The summed E-state index contributed by atoms with van der Waals surface area (Å²) in [5, 5.41) is 13.0. The highest BCUT2D eigenvalue weighted by molar-refractivity contribution is 5.61. The highest BCUT2D eigenvalue weighted by Gasteiger charge is 2.31. The second-order valence-corrected chi connectivity index (χ2v) is 10.4. The molecule has 184 valence electrons. The second-order valence-electron chi connectivity index (χ2n) is 10.4. The minimum atomic E-state index is 0.269. The number of nitrogens with zero attached hydrogens (tertiary/aromatic N) is 6. The van der Waals surface area contributed by atoms with Gasteiger partial charge in [0, 0.05) is 36.6 Å². The maximum atomic E-state index is 9.46. The Labute approximate surface area is 212 Å². The van der Waals surface area contributed by atoms with Crippen LogP contribution in [0.3, 0.4) is 0 Å². The molecule has 0 bridgehead atoms. The normalized spacial score (nSPS) is 19.4. The third kappa shape index (κ3) is 4.60. The molecule has 36 heavy (non-hydrogen) atoms. The number of nitriles is 1. The number of anilines is 1. The molecule has 2 aliphatic carbocycles. The van der Waals surface area contributed by atoms with Gasteiger partial charge in [-0.3, -0.25) is 4.57 Å². The van der Waals surface area contributed by atoms with Crippen LogP contribution in [0.25, 0.3) is 17.2 Å². The Morgan fingerprint density at radius 3 is 2.78 bits per heavy atom. The molecule has 3 aromatic rings. The standard InChI is InChI=1S/C29H33N7/c1-20(21-8-9-21)35-16-4-7-25(19-35)33-29-31-15-13-27(34-29)36-26(12-14-30)18-32-28(36)24-11-10-22-5-2-3-6-23(22)17-24/h10-11,13,15,17-18,21,25H,1-9,12,16,19H2,(H,31,33,34). The average molecular weight is 480 g/mol. The van der Waals surface area contributed by atoms with Gasteiger partial charge in [-0.2, -0.15) is 10.2 Å². The number of benzene rings is 1. The van der Waals surface area contributed by atoms with Gasteiger partial charge in [0.2, 0.25) is 5.95 Å². The number of likely N-dealkylation sites (tertiary alicyclic amines) is 1. The van der Waals surface area contributed by atoms with Gasteiger partial charge in [-0.05, 0) is 80.5 Å². The van der Waals surface area contributed by atoms with E-state index in [-0.39, 0.29) is 12.5 Å². The molecule has 1 saturated carbocycles. The van der Waals surface area contributed by atoms with Gasteiger partial charge in [-0.25, -0.2) is 9.97 Å². The van der Waals surface area contributed by atoms with Crippen molar-refractivity contribution < 1.29 is 0 Å². The minimum Gasteiger partial charge on any atom is -0.373 e. The van der Waals surface area contributed by atoms with Crippen LogP contribution in [0.2, 0.25) is 0 Å². The summed E-state index contributed by atoms with van der Waals surface area (Å²) >= 11 is 0. The zero-order valence-electron chi connectivity index (χ0n) is 20.8. The first-order valence-electron chi connectivity index (χ1n) is 13.3. The largest absolute Gasteiger partial charge is 0.373 e. The number of hydrogen-bond acceptors (Lipinski definition) is 6. The number of hydrogen-bond donors (Lipinski definition) is 1. The molecule has 1 atom stereocenters. The first-order valence-corrected chi connectivity index (χ1v) is 13.3. The molecule has 1 aromatic carbocycles. The molecule has 2 fully saturated rings. The highest BCUT2D eigenvalue weighted by Crippen LogP contribution is 2.38. The first-order chi connectivity index (χ1) is 17.7. The van der Waals surface area contributed by atoms with Gasteiger partial charge in [0.25, 0.3) is 0 Å². The van der Waals surface area contributed by atoms with E-state index in [1.165, 1.54) is 42.5 Å². The lowest BCUT2D eigenvalue weighted by molar-refractivity contribution is 0.258. The van der Waals surface area contributed by atoms with Crippen molar-refractivity contribution in [2.24, 2.45) is 5.92 Å². The van der Waals surface area contributed by atoms with E-state index in [4.69, 9.17) is 9.97 Å². The third-order valence-corrected chi connectivity index (χ3v) is 7.78. The summed E-state index contributed by atoms with van der Waals surface area (Å²) in [5.41, 5.74) is 6.05. The molecule has 0 spiro atoms. The fourth-order valence-corrected chi connectivity index (χ4v) is 5.68. The van der Waals surface area contributed by atoms with Crippen molar-refractivity contribution in [2.45, 2.75) is 63.8 Å². The topological polar surface area (TPSA) is 82.7 Å². The summed E-state index contributed by atoms with van der Waals surface area (Å²) in [6.45, 7) is 6.38. The van der Waals surface area contributed by atoms with Crippen molar-refractivity contribution in [1.29, 1.82) is 5.26 Å². The van der Waals surface area contributed by atoms with Gasteiger partial charge in [0.1, 0.15) is 11.6 Å². The molecule has 7 heteroatoms. The molecule has 1 saturated heterocycles. The van der Waals surface area contributed by atoms with Gasteiger partial charge in [0.15, 0.2) is 0 Å². The molecule has 1 aliphatic heterocycles. The van der Waals surface area contributed by atoms with Gasteiger partial charge in [-0.1, -0.05) is 18.7 Å². The fourth-order valence-electron chi connectivity index (χ4n) is 5.68. The Kier molecular flexibility index (Phi) is 6.18. The Morgan fingerprint density at radius 2 is 1.94 bits per heavy atom. The SMILES string of the molecule is C=C(C1CC1)N1CCCC(Nc2nccc(-n3c(CC#N)cnc3-c3ccc4c(c3)CCCC4)n2)C1. The number of aryl methyl sites for hydroxylation is 2. The highest BCUT2D eigenvalue weighted by atomic mass is 15.2. The first kappa shape index (κ1) is 22.8. The van der Waals surface area contributed by atoms with E-state index in [2.05, 4.69) is 46.0 Å².